The number of carboxylic acids is 1. The maximum absolute atomic E-state index is 13.7. The second-order valence-electron chi connectivity index (χ2n) is 13.7. The lowest BCUT2D eigenvalue weighted by atomic mass is 9.94. The molecule has 0 saturated heterocycles. The molecule has 5 N–H and O–H groups in total. The van der Waals surface area contributed by atoms with Gasteiger partial charge in [0.1, 0.15) is 29.8 Å². The highest BCUT2D eigenvalue weighted by Gasteiger charge is 2.37. The molecular formula is C39H40N4O8S. The van der Waals surface area contributed by atoms with E-state index in [1.165, 1.54) is 24.3 Å². The van der Waals surface area contributed by atoms with Gasteiger partial charge >= 0.3 is 12.1 Å². The number of fused-ring (bicyclic) bond motifs is 4. The van der Waals surface area contributed by atoms with Crippen molar-refractivity contribution in [2.75, 3.05) is 13.2 Å². The number of sulfonamides is 1. The van der Waals surface area contributed by atoms with Crippen LogP contribution in [-0.4, -0.2) is 62.1 Å². The summed E-state index contributed by atoms with van der Waals surface area (Å²) in [7, 11) is -4.28. The van der Waals surface area contributed by atoms with E-state index in [4.69, 9.17) is 15.2 Å². The van der Waals surface area contributed by atoms with Crippen molar-refractivity contribution >= 4 is 33.8 Å². The number of ether oxygens (including phenoxy) is 2. The minimum atomic E-state index is -4.28. The van der Waals surface area contributed by atoms with Crippen molar-refractivity contribution in [3.8, 4) is 16.9 Å². The second-order valence-corrected chi connectivity index (χ2v) is 15.2. The van der Waals surface area contributed by atoms with Crippen LogP contribution in [-0.2, 0) is 26.0 Å². The van der Waals surface area contributed by atoms with Crippen molar-refractivity contribution in [1.82, 2.24) is 10.6 Å². The minimum absolute atomic E-state index is 0.0120. The van der Waals surface area contributed by atoms with E-state index in [0.29, 0.717) is 28.9 Å². The van der Waals surface area contributed by atoms with E-state index in [0.717, 1.165) is 27.8 Å². The van der Waals surface area contributed by atoms with E-state index in [2.05, 4.69) is 15.0 Å². The van der Waals surface area contributed by atoms with E-state index in [1.807, 2.05) is 69.3 Å². The molecule has 270 valence electrons. The van der Waals surface area contributed by atoms with E-state index in [-0.39, 0.29) is 34.4 Å². The number of hydrogen-bond donors (Lipinski definition) is 4. The fourth-order valence-corrected chi connectivity index (χ4v) is 8.46. The molecule has 0 unspecified atom stereocenters. The van der Waals surface area contributed by atoms with Gasteiger partial charge in [-0.2, -0.15) is 8.42 Å². The zero-order chi connectivity index (χ0) is 37.5. The molecule has 0 bridgehead atoms. The summed E-state index contributed by atoms with van der Waals surface area (Å²) in [5.41, 5.74) is 12.7. The average Bonchev–Trinajstić information content (AvgIpc) is 3.61. The highest BCUT2D eigenvalue weighted by molar-refractivity contribution is 7.90. The first-order valence-electron chi connectivity index (χ1n) is 16.7. The minimum Gasteiger partial charge on any atom is -0.487 e. The number of aliphatic carboxylic acids is 1. The smallest absolute Gasteiger partial charge is 0.407 e. The van der Waals surface area contributed by atoms with Gasteiger partial charge in [-0.1, -0.05) is 60.7 Å². The number of carbonyl (C=O) groups is 3. The Hall–Kier alpha value is -5.69. The molecule has 2 aliphatic rings. The average molecular weight is 725 g/mol. The number of amidine groups is 1. The van der Waals surface area contributed by atoms with Crippen LogP contribution in [0, 0.1) is 20.8 Å². The van der Waals surface area contributed by atoms with Gasteiger partial charge < -0.3 is 30.9 Å². The van der Waals surface area contributed by atoms with Crippen molar-refractivity contribution < 1.29 is 37.4 Å². The van der Waals surface area contributed by atoms with E-state index in [1.54, 1.807) is 13.8 Å². The van der Waals surface area contributed by atoms with Crippen molar-refractivity contribution in [3.63, 3.8) is 0 Å². The fourth-order valence-electron chi connectivity index (χ4n) is 6.96. The highest BCUT2D eigenvalue weighted by atomic mass is 32.2. The van der Waals surface area contributed by atoms with Crippen molar-refractivity contribution in [3.05, 3.63) is 117 Å². The number of nitrogens with two attached hydrogens (primary N) is 1. The van der Waals surface area contributed by atoms with Crippen LogP contribution in [0.25, 0.3) is 11.1 Å². The summed E-state index contributed by atoms with van der Waals surface area (Å²) in [6, 6.07) is 20.0. The van der Waals surface area contributed by atoms with E-state index < -0.39 is 46.2 Å². The fraction of sp³-hybridized carbons (Fsp3) is 0.282. The van der Waals surface area contributed by atoms with Crippen LogP contribution in [0.4, 0.5) is 4.79 Å². The molecule has 1 atom stereocenters. The largest absolute Gasteiger partial charge is 0.487 e. The number of carboxylic acid groups (broad SMARTS) is 1. The molecule has 0 saturated carbocycles. The number of carbonyl (C=O) groups excluding carboxylic acids is 2. The molecular weight excluding hydrogens is 685 g/mol. The molecule has 6 rings (SSSR count). The van der Waals surface area contributed by atoms with Gasteiger partial charge in [-0.25, -0.2) is 9.59 Å². The predicted molar refractivity (Wildman–Crippen MR) is 195 cm³/mol. The van der Waals surface area contributed by atoms with Gasteiger partial charge in [0.05, 0.1) is 4.90 Å². The van der Waals surface area contributed by atoms with Gasteiger partial charge in [-0.15, -0.1) is 4.40 Å². The molecule has 0 radical (unpaired) electrons. The predicted octanol–water partition coefficient (Wildman–Crippen LogP) is 5.14. The monoisotopic (exact) mass is 724 g/mol. The Morgan fingerprint density at radius 3 is 2.19 bits per heavy atom. The van der Waals surface area contributed by atoms with Crippen molar-refractivity contribution in [2.45, 2.75) is 63.5 Å². The number of rotatable bonds is 10. The number of benzene rings is 4. The Labute approximate surface area is 302 Å². The summed E-state index contributed by atoms with van der Waals surface area (Å²) in [4.78, 5) is 37.9. The van der Waals surface area contributed by atoms with Crippen LogP contribution in [0.5, 0.6) is 5.75 Å². The SMILES string of the molecule is Cc1c(C)c(S(=O)(=O)N=C(N)c2cccc(C(=O)NC[C@H](NC(=O)OCC3c4ccccc4-c4ccccc43)C(=O)O)c2)c(C)c2c1OC(C)(C)C2. The molecule has 2 amide bonds. The van der Waals surface area contributed by atoms with Gasteiger partial charge in [0, 0.05) is 35.6 Å². The zero-order valence-corrected chi connectivity index (χ0v) is 30.3. The Kier molecular flexibility index (Phi) is 9.58. The molecule has 0 spiro atoms. The molecule has 0 aromatic heterocycles. The van der Waals surface area contributed by atoms with Gasteiger partial charge in [-0.05, 0) is 85.7 Å². The van der Waals surface area contributed by atoms with Gasteiger partial charge in [0.15, 0.2) is 0 Å². The summed E-state index contributed by atoms with van der Waals surface area (Å²) in [6.45, 7) is 8.65. The molecule has 0 fully saturated rings. The number of nitrogens with one attached hydrogen (secondary N) is 2. The molecule has 1 aliphatic heterocycles. The van der Waals surface area contributed by atoms with Gasteiger partial charge in [-0.3, -0.25) is 4.79 Å². The molecule has 4 aromatic carbocycles. The Balaban J connectivity index is 1.11. The van der Waals surface area contributed by atoms with Crippen molar-refractivity contribution in [1.29, 1.82) is 0 Å². The maximum atomic E-state index is 13.7. The summed E-state index contributed by atoms with van der Waals surface area (Å²) in [5.74, 6) is -1.92. The standard InChI is InChI=1S/C39H40N4O8S/c1-21-22(2)34(23(3)30-18-39(4,5)51-33(21)30)52(48,49)43-35(40)24-11-10-12-25(17-24)36(44)41-19-32(37(45)46)42-38(47)50-20-31-28-15-8-6-13-26(28)27-14-7-9-16-29(27)31/h6-17,31-32H,18-20H2,1-5H3,(H2,40,43)(H,41,44)(H,42,47)(H,45,46)/t32-/m0/s1. The maximum Gasteiger partial charge on any atom is 0.407 e. The number of alkyl carbamates (subject to hydrolysis) is 1. The quantitative estimate of drug-likeness (QED) is 0.127. The van der Waals surface area contributed by atoms with Crippen molar-refractivity contribution in [2.24, 2.45) is 10.1 Å². The summed E-state index contributed by atoms with van der Waals surface area (Å²) < 4.78 is 42.8. The number of amides is 2. The first kappa shape index (κ1) is 36.1. The first-order chi connectivity index (χ1) is 24.6. The lowest BCUT2D eigenvalue weighted by Gasteiger charge is -2.18. The van der Waals surface area contributed by atoms with E-state index in [9.17, 15) is 27.9 Å². The van der Waals surface area contributed by atoms with Gasteiger partial charge in [0.25, 0.3) is 15.9 Å². The van der Waals surface area contributed by atoms with Crippen LogP contribution in [0.1, 0.15) is 69.1 Å². The topological polar surface area (TPSA) is 186 Å². The van der Waals surface area contributed by atoms with Crippen LogP contribution >= 0.6 is 0 Å². The first-order valence-corrected chi connectivity index (χ1v) is 18.2. The number of nitrogens with zero attached hydrogens (tertiary/aromatic N) is 1. The lowest BCUT2D eigenvalue weighted by molar-refractivity contribution is -0.139. The third-order valence-electron chi connectivity index (χ3n) is 9.59. The molecule has 12 nitrogen and oxygen atoms in total. The zero-order valence-electron chi connectivity index (χ0n) is 29.4. The molecule has 13 heteroatoms. The van der Waals surface area contributed by atoms with Gasteiger partial charge in [0.2, 0.25) is 0 Å². The molecule has 52 heavy (non-hydrogen) atoms. The lowest BCUT2D eigenvalue weighted by Crippen LogP contribution is -2.48. The third-order valence-corrected chi connectivity index (χ3v) is 11.2. The highest BCUT2D eigenvalue weighted by Crippen LogP contribution is 2.45. The molecule has 1 aliphatic carbocycles. The third kappa shape index (κ3) is 6.96. The number of hydrogen-bond acceptors (Lipinski definition) is 7. The molecule has 4 aromatic rings. The molecule has 1 heterocycles. The normalized spacial score (nSPS) is 15.1. The Morgan fingerprint density at radius 2 is 1.56 bits per heavy atom. The van der Waals surface area contributed by atoms with E-state index >= 15 is 0 Å². The van der Waals surface area contributed by atoms with Crippen LogP contribution in [0.3, 0.4) is 0 Å². The summed E-state index contributed by atoms with van der Waals surface area (Å²) in [6.07, 6.45) is -0.408. The summed E-state index contributed by atoms with van der Waals surface area (Å²) >= 11 is 0. The summed E-state index contributed by atoms with van der Waals surface area (Å²) in [5, 5.41) is 14.6. The van der Waals surface area contributed by atoms with Crippen LogP contribution in [0.2, 0.25) is 0 Å². The Morgan fingerprint density at radius 1 is 0.942 bits per heavy atom. The Bertz CT molecular complexity index is 2220. The second kappa shape index (κ2) is 13.8. The van der Waals surface area contributed by atoms with Crippen LogP contribution in [0.15, 0.2) is 82.1 Å². The van der Waals surface area contributed by atoms with Crippen LogP contribution < -0.4 is 21.1 Å².